The van der Waals surface area contributed by atoms with Crippen molar-refractivity contribution in [2.45, 2.75) is 19.3 Å². The van der Waals surface area contributed by atoms with E-state index in [9.17, 15) is 4.79 Å². The third kappa shape index (κ3) is 3.72. The highest BCUT2D eigenvalue weighted by molar-refractivity contribution is 7.99. The van der Waals surface area contributed by atoms with E-state index in [2.05, 4.69) is 36.4 Å². The van der Waals surface area contributed by atoms with Crippen molar-refractivity contribution in [3.63, 3.8) is 0 Å². The molecule has 1 aliphatic heterocycles. The summed E-state index contributed by atoms with van der Waals surface area (Å²) >= 11 is 1.75. The van der Waals surface area contributed by atoms with Gasteiger partial charge in [0.05, 0.1) is 5.75 Å². The molecule has 1 aliphatic rings. The average Bonchev–Trinajstić information content (AvgIpc) is 2.99. The van der Waals surface area contributed by atoms with Gasteiger partial charge in [0.15, 0.2) is 0 Å². The van der Waals surface area contributed by atoms with E-state index in [1.54, 1.807) is 11.8 Å². The van der Waals surface area contributed by atoms with Crippen molar-refractivity contribution in [2.24, 2.45) is 0 Å². The van der Waals surface area contributed by atoms with Gasteiger partial charge in [0.1, 0.15) is 0 Å². The van der Waals surface area contributed by atoms with Crippen molar-refractivity contribution in [3.8, 4) is 0 Å². The quantitative estimate of drug-likeness (QED) is 0.753. The molecular formula is C19H21NOS. The van der Waals surface area contributed by atoms with Crippen molar-refractivity contribution >= 4 is 23.4 Å². The summed E-state index contributed by atoms with van der Waals surface area (Å²) in [6.07, 6.45) is 3.20. The Morgan fingerprint density at radius 1 is 1.05 bits per heavy atom. The average molecular weight is 311 g/mol. The van der Waals surface area contributed by atoms with E-state index in [0.717, 1.165) is 37.2 Å². The molecule has 1 heterocycles. The molecule has 0 unspecified atom stereocenters. The van der Waals surface area contributed by atoms with Crippen LogP contribution in [-0.2, 0) is 17.6 Å². The molecule has 2 nitrogen and oxygen atoms in total. The van der Waals surface area contributed by atoms with Crippen LogP contribution >= 0.6 is 11.8 Å². The summed E-state index contributed by atoms with van der Waals surface area (Å²) in [5, 5.41) is 0. The highest BCUT2D eigenvalue weighted by Crippen LogP contribution is 2.27. The Bertz CT molecular complexity index is 626. The zero-order valence-electron chi connectivity index (χ0n) is 12.7. The number of hydrogen-bond acceptors (Lipinski definition) is 2. The van der Waals surface area contributed by atoms with Crippen LogP contribution < -0.4 is 4.90 Å². The predicted molar refractivity (Wildman–Crippen MR) is 94.6 cm³/mol. The van der Waals surface area contributed by atoms with E-state index in [4.69, 9.17) is 0 Å². The van der Waals surface area contributed by atoms with E-state index >= 15 is 0 Å². The predicted octanol–water partition coefficient (Wildman–Crippen LogP) is 3.94. The first kappa shape index (κ1) is 15.2. The summed E-state index contributed by atoms with van der Waals surface area (Å²) in [4.78, 5) is 14.3. The molecule has 0 atom stereocenters. The number of carbonyl (C=O) groups excluding carboxylic acids is 1. The number of nitrogens with zero attached hydrogens (tertiary/aromatic N) is 1. The maximum absolute atomic E-state index is 12.3. The second-order valence-corrected chi connectivity index (χ2v) is 6.67. The monoisotopic (exact) mass is 311 g/mol. The van der Waals surface area contributed by atoms with Gasteiger partial charge in [0, 0.05) is 12.2 Å². The van der Waals surface area contributed by atoms with Crippen LogP contribution in [0.15, 0.2) is 54.6 Å². The number of aryl methyl sites for hydroxylation is 1. The van der Waals surface area contributed by atoms with Crippen molar-refractivity contribution in [1.82, 2.24) is 0 Å². The van der Waals surface area contributed by atoms with E-state index in [0.29, 0.717) is 5.75 Å². The fourth-order valence-electron chi connectivity index (χ4n) is 2.86. The lowest BCUT2D eigenvalue weighted by atomic mass is 10.1. The molecule has 0 spiro atoms. The van der Waals surface area contributed by atoms with Gasteiger partial charge in [-0.25, -0.2) is 0 Å². The first-order valence-electron chi connectivity index (χ1n) is 7.84. The number of fused-ring (bicyclic) bond motifs is 1. The minimum atomic E-state index is 0.245. The van der Waals surface area contributed by atoms with Crippen molar-refractivity contribution < 1.29 is 4.79 Å². The molecule has 22 heavy (non-hydrogen) atoms. The molecule has 2 aromatic rings. The van der Waals surface area contributed by atoms with E-state index in [1.807, 2.05) is 23.1 Å². The van der Waals surface area contributed by atoms with Gasteiger partial charge in [-0.05, 0) is 42.2 Å². The molecule has 0 saturated heterocycles. The molecule has 0 radical (unpaired) electrons. The van der Waals surface area contributed by atoms with E-state index in [1.165, 1.54) is 11.1 Å². The van der Waals surface area contributed by atoms with Crippen LogP contribution in [0.1, 0.15) is 17.5 Å². The van der Waals surface area contributed by atoms with Crippen LogP contribution in [-0.4, -0.2) is 24.0 Å². The summed E-state index contributed by atoms with van der Waals surface area (Å²) in [5.74, 6) is 1.87. The first-order chi connectivity index (χ1) is 10.8. The standard InChI is InChI=1S/C19H21NOS/c21-19(20-13-12-17-10-4-5-11-18(17)20)15-22-14-6-9-16-7-2-1-3-8-16/h1-5,7-8,10-11H,6,9,12-15H2. The maximum atomic E-state index is 12.3. The van der Waals surface area contributed by atoms with Gasteiger partial charge in [-0.3, -0.25) is 4.79 Å². The number of hydrogen-bond donors (Lipinski definition) is 0. The van der Waals surface area contributed by atoms with Gasteiger partial charge in [0.2, 0.25) is 5.91 Å². The molecule has 0 aliphatic carbocycles. The summed E-state index contributed by atoms with van der Waals surface area (Å²) < 4.78 is 0. The Hall–Kier alpha value is -1.74. The van der Waals surface area contributed by atoms with Crippen LogP contribution in [0.5, 0.6) is 0 Å². The van der Waals surface area contributed by atoms with Gasteiger partial charge in [-0.1, -0.05) is 48.5 Å². The fraction of sp³-hybridized carbons (Fsp3) is 0.316. The number of benzene rings is 2. The third-order valence-corrected chi connectivity index (χ3v) is 5.04. The zero-order valence-corrected chi connectivity index (χ0v) is 13.5. The minimum absolute atomic E-state index is 0.245. The van der Waals surface area contributed by atoms with Crippen LogP contribution in [0.3, 0.4) is 0 Å². The van der Waals surface area contributed by atoms with Crippen LogP contribution in [0.25, 0.3) is 0 Å². The number of thioether (sulfide) groups is 1. The fourth-order valence-corrected chi connectivity index (χ4v) is 3.68. The lowest BCUT2D eigenvalue weighted by Gasteiger charge is -2.17. The normalized spacial score (nSPS) is 13.2. The van der Waals surface area contributed by atoms with Gasteiger partial charge >= 0.3 is 0 Å². The number of carbonyl (C=O) groups is 1. The molecule has 3 heteroatoms. The highest BCUT2D eigenvalue weighted by atomic mass is 32.2. The molecule has 0 fully saturated rings. The molecule has 0 N–H and O–H groups in total. The Balaban J connectivity index is 1.40. The van der Waals surface area contributed by atoms with E-state index in [-0.39, 0.29) is 5.91 Å². The van der Waals surface area contributed by atoms with Gasteiger partial charge < -0.3 is 4.90 Å². The SMILES string of the molecule is O=C(CSCCCc1ccccc1)N1CCc2ccccc21. The second kappa shape index (κ2) is 7.50. The smallest absolute Gasteiger partial charge is 0.236 e. The van der Waals surface area contributed by atoms with Crippen LogP contribution in [0.2, 0.25) is 0 Å². The Morgan fingerprint density at radius 3 is 2.68 bits per heavy atom. The van der Waals surface area contributed by atoms with Crippen LogP contribution in [0, 0.1) is 0 Å². The number of amides is 1. The topological polar surface area (TPSA) is 20.3 Å². The van der Waals surface area contributed by atoms with Crippen molar-refractivity contribution in [1.29, 1.82) is 0 Å². The lowest BCUT2D eigenvalue weighted by Crippen LogP contribution is -2.30. The molecule has 2 aromatic carbocycles. The van der Waals surface area contributed by atoms with Gasteiger partial charge in [-0.15, -0.1) is 0 Å². The molecule has 3 rings (SSSR count). The third-order valence-electron chi connectivity index (χ3n) is 4.01. The molecule has 114 valence electrons. The number of para-hydroxylation sites is 1. The summed E-state index contributed by atoms with van der Waals surface area (Å²) in [5.41, 5.74) is 3.78. The highest BCUT2D eigenvalue weighted by Gasteiger charge is 2.23. The minimum Gasteiger partial charge on any atom is -0.311 e. The van der Waals surface area contributed by atoms with Crippen molar-refractivity contribution in [3.05, 3.63) is 65.7 Å². The molecular weight excluding hydrogens is 290 g/mol. The largest absolute Gasteiger partial charge is 0.311 e. The first-order valence-corrected chi connectivity index (χ1v) is 9.00. The Kier molecular flexibility index (Phi) is 5.17. The number of rotatable bonds is 6. The second-order valence-electron chi connectivity index (χ2n) is 5.57. The summed E-state index contributed by atoms with van der Waals surface area (Å²) in [6, 6.07) is 18.8. The summed E-state index contributed by atoms with van der Waals surface area (Å²) in [6.45, 7) is 0.836. The Labute approximate surface area is 136 Å². The molecule has 0 aromatic heterocycles. The van der Waals surface area contributed by atoms with Crippen molar-refractivity contribution in [2.75, 3.05) is 23.0 Å². The Morgan fingerprint density at radius 2 is 1.82 bits per heavy atom. The van der Waals surface area contributed by atoms with Gasteiger partial charge in [-0.2, -0.15) is 11.8 Å². The van der Waals surface area contributed by atoms with E-state index < -0.39 is 0 Å². The zero-order chi connectivity index (χ0) is 15.2. The van der Waals surface area contributed by atoms with Crippen LogP contribution in [0.4, 0.5) is 5.69 Å². The van der Waals surface area contributed by atoms with Gasteiger partial charge in [0.25, 0.3) is 0 Å². The molecule has 1 amide bonds. The summed E-state index contributed by atoms with van der Waals surface area (Å²) in [7, 11) is 0. The maximum Gasteiger partial charge on any atom is 0.236 e. The lowest BCUT2D eigenvalue weighted by molar-refractivity contribution is -0.116. The molecule has 0 bridgehead atoms. The molecule has 0 saturated carbocycles. The number of anilines is 1.